The fourth-order valence-corrected chi connectivity index (χ4v) is 2.92. The maximum absolute atomic E-state index is 5.95. The van der Waals surface area contributed by atoms with Crippen molar-refractivity contribution in [3.05, 3.63) is 11.9 Å². The summed E-state index contributed by atoms with van der Waals surface area (Å²) in [4.78, 5) is 2.41. The van der Waals surface area contributed by atoms with E-state index in [1.54, 1.807) is 13.3 Å². The van der Waals surface area contributed by atoms with E-state index in [0.29, 0.717) is 0 Å². The quantitative estimate of drug-likeness (QED) is 0.564. The number of nitrogens with one attached hydrogen (secondary N) is 1. The summed E-state index contributed by atoms with van der Waals surface area (Å²) >= 11 is 0. The van der Waals surface area contributed by atoms with Crippen LogP contribution in [0.1, 0.15) is 32.0 Å². The summed E-state index contributed by atoms with van der Waals surface area (Å²) < 4.78 is 13.3. The first kappa shape index (κ1) is 16.2. The van der Waals surface area contributed by atoms with Crippen LogP contribution in [0.15, 0.2) is 6.20 Å². The lowest BCUT2D eigenvalue weighted by Crippen LogP contribution is -2.50. The number of rotatable bonds is 7. The molecule has 2 rings (SSSR count). The van der Waals surface area contributed by atoms with Gasteiger partial charge in [0, 0.05) is 19.6 Å². The molecule has 1 saturated heterocycles. The summed E-state index contributed by atoms with van der Waals surface area (Å²) in [7, 11) is 1.65. The van der Waals surface area contributed by atoms with Gasteiger partial charge in [0.1, 0.15) is 5.69 Å². The van der Waals surface area contributed by atoms with Crippen LogP contribution in [0, 0.1) is 0 Å². The third kappa shape index (κ3) is 3.55. The van der Waals surface area contributed by atoms with Crippen molar-refractivity contribution < 1.29 is 9.47 Å². The Kier molecular flexibility index (Phi) is 5.98. The van der Waals surface area contributed by atoms with Crippen LogP contribution < -0.4 is 16.0 Å². The van der Waals surface area contributed by atoms with E-state index in [2.05, 4.69) is 29.3 Å². The largest absolute Gasteiger partial charge is 0.493 e. The van der Waals surface area contributed by atoms with E-state index < -0.39 is 0 Å². The van der Waals surface area contributed by atoms with E-state index in [4.69, 9.17) is 15.3 Å². The summed E-state index contributed by atoms with van der Waals surface area (Å²) in [6.45, 7) is 8.66. The molecule has 7 nitrogen and oxygen atoms in total. The number of aromatic nitrogens is 2. The lowest BCUT2D eigenvalue weighted by Gasteiger charge is -2.36. The number of hydrogen-bond donors (Lipinski definition) is 2. The van der Waals surface area contributed by atoms with Crippen LogP contribution in [-0.4, -0.2) is 54.1 Å². The standard InChI is InChI=1S/C14H27N5O2/c1-4-6-18-7-8-21-12(10-18)13(17-15)14-11(20-3)9-16-19(14)5-2/h9,12-13,17H,4-8,10,15H2,1-3H3. The van der Waals surface area contributed by atoms with Crippen LogP contribution in [0.3, 0.4) is 0 Å². The maximum Gasteiger partial charge on any atom is 0.161 e. The molecule has 0 aromatic carbocycles. The zero-order valence-electron chi connectivity index (χ0n) is 13.2. The molecule has 7 heteroatoms. The van der Waals surface area contributed by atoms with Crippen molar-refractivity contribution in [3.8, 4) is 5.75 Å². The van der Waals surface area contributed by atoms with E-state index in [1.165, 1.54) is 0 Å². The fraction of sp³-hybridized carbons (Fsp3) is 0.786. The second kappa shape index (κ2) is 7.74. The smallest absolute Gasteiger partial charge is 0.161 e. The van der Waals surface area contributed by atoms with E-state index in [9.17, 15) is 0 Å². The average Bonchev–Trinajstić information content (AvgIpc) is 2.92. The van der Waals surface area contributed by atoms with Gasteiger partial charge in [0.25, 0.3) is 0 Å². The molecule has 2 atom stereocenters. The van der Waals surface area contributed by atoms with Crippen molar-refractivity contribution in [2.45, 2.75) is 39.0 Å². The van der Waals surface area contributed by atoms with Crippen LogP contribution in [0.4, 0.5) is 0 Å². The highest BCUT2D eigenvalue weighted by molar-refractivity contribution is 5.29. The summed E-state index contributed by atoms with van der Waals surface area (Å²) in [5.41, 5.74) is 3.84. The van der Waals surface area contributed by atoms with Crippen LogP contribution in [0.5, 0.6) is 5.75 Å². The van der Waals surface area contributed by atoms with Crippen LogP contribution in [0.2, 0.25) is 0 Å². The third-order valence-corrected chi connectivity index (χ3v) is 3.93. The van der Waals surface area contributed by atoms with E-state index in [1.807, 2.05) is 4.68 Å². The van der Waals surface area contributed by atoms with Gasteiger partial charge in [0.05, 0.1) is 32.1 Å². The molecule has 0 amide bonds. The number of nitrogens with zero attached hydrogens (tertiary/aromatic N) is 3. The number of aryl methyl sites for hydroxylation is 1. The Bertz CT molecular complexity index is 413. The third-order valence-electron chi connectivity index (χ3n) is 3.93. The molecular weight excluding hydrogens is 270 g/mol. The number of morpholine rings is 1. The van der Waals surface area contributed by atoms with Crippen LogP contribution >= 0.6 is 0 Å². The van der Waals surface area contributed by atoms with Crippen molar-refractivity contribution in [1.82, 2.24) is 20.1 Å². The monoisotopic (exact) mass is 297 g/mol. The van der Waals surface area contributed by atoms with E-state index in [-0.39, 0.29) is 12.1 Å². The first-order valence-corrected chi connectivity index (χ1v) is 7.64. The van der Waals surface area contributed by atoms with Crippen molar-refractivity contribution in [1.29, 1.82) is 0 Å². The topological polar surface area (TPSA) is 77.6 Å². The molecule has 1 fully saturated rings. The molecule has 1 aromatic heterocycles. The molecule has 0 aliphatic carbocycles. The molecule has 0 spiro atoms. The molecular formula is C14H27N5O2. The Balaban J connectivity index is 2.20. The zero-order chi connectivity index (χ0) is 15.2. The Labute approximate surface area is 126 Å². The van der Waals surface area contributed by atoms with Gasteiger partial charge in [-0.1, -0.05) is 6.92 Å². The Hall–Kier alpha value is -1.15. The predicted molar refractivity (Wildman–Crippen MR) is 81.0 cm³/mol. The molecule has 21 heavy (non-hydrogen) atoms. The second-order valence-corrected chi connectivity index (χ2v) is 5.27. The molecule has 120 valence electrons. The minimum Gasteiger partial charge on any atom is -0.493 e. The first-order valence-electron chi connectivity index (χ1n) is 7.64. The van der Waals surface area contributed by atoms with Crippen molar-refractivity contribution >= 4 is 0 Å². The molecule has 0 bridgehead atoms. The molecule has 2 heterocycles. The van der Waals surface area contributed by atoms with Crippen LogP contribution in [0.25, 0.3) is 0 Å². The van der Waals surface area contributed by atoms with Crippen molar-refractivity contribution in [2.75, 3.05) is 33.4 Å². The molecule has 0 radical (unpaired) electrons. The highest BCUT2D eigenvalue weighted by atomic mass is 16.5. The molecule has 2 unspecified atom stereocenters. The number of hydrazine groups is 1. The van der Waals surface area contributed by atoms with Gasteiger partial charge in [-0.05, 0) is 19.9 Å². The lowest BCUT2D eigenvalue weighted by molar-refractivity contribution is -0.0487. The summed E-state index contributed by atoms with van der Waals surface area (Å²) in [6, 6.07) is -0.137. The Morgan fingerprint density at radius 3 is 3.00 bits per heavy atom. The van der Waals surface area contributed by atoms with Gasteiger partial charge in [0.2, 0.25) is 0 Å². The van der Waals surface area contributed by atoms with Gasteiger partial charge in [-0.25, -0.2) is 5.43 Å². The molecule has 0 saturated carbocycles. The number of ether oxygens (including phenoxy) is 2. The summed E-state index contributed by atoms with van der Waals surface area (Å²) in [5.74, 6) is 6.56. The fourth-order valence-electron chi connectivity index (χ4n) is 2.92. The second-order valence-electron chi connectivity index (χ2n) is 5.27. The summed E-state index contributed by atoms with van der Waals surface area (Å²) in [6.07, 6.45) is 2.87. The number of hydrogen-bond acceptors (Lipinski definition) is 6. The Morgan fingerprint density at radius 1 is 1.57 bits per heavy atom. The molecule has 3 N–H and O–H groups in total. The normalized spacial score (nSPS) is 21.4. The molecule has 1 aliphatic heterocycles. The Morgan fingerprint density at radius 2 is 2.38 bits per heavy atom. The molecule has 1 aromatic rings. The minimum atomic E-state index is -0.137. The van der Waals surface area contributed by atoms with Crippen molar-refractivity contribution in [3.63, 3.8) is 0 Å². The number of nitrogens with two attached hydrogens (primary N) is 1. The van der Waals surface area contributed by atoms with Gasteiger partial charge in [-0.2, -0.15) is 5.10 Å². The van der Waals surface area contributed by atoms with E-state index >= 15 is 0 Å². The lowest BCUT2D eigenvalue weighted by atomic mass is 10.1. The zero-order valence-corrected chi connectivity index (χ0v) is 13.2. The predicted octanol–water partition coefficient (Wildman–Crippen LogP) is 0.527. The van der Waals surface area contributed by atoms with E-state index in [0.717, 1.165) is 50.7 Å². The van der Waals surface area contributed by atoms with Gasteiger partial charge < -0.3 is 9.47 Å². The van der Waals surface area contributed by atoms with Gasteiger partial charge in [-0.15, -0.1) is 0 Å². The van der Waals surface area contributed by atoms with Crippen molar-refractivity contribution in [2.24, 2.45) is 5.84 Å². The highest BCUT2D eigenvalue weighted by Crippen LogP contribution is 2.29. The minimum absolute atomic E-state index is 0.00815. The average molecular weight is 297 g/mol. The highest BCUT2D eigenvalue weighted by Gasteiger charge is 2.32. The maximum atomic E-state index is 5.95. The van der Waals surface area contributed by atoms with Crippen LogP contribution in [-0.2, 0) is 11.3 Å². The van der Waals surface area contributed by atoms with Gasteiger partial charge in [-0.3, -0.25) is 15.4 Å². The van der Waals surface area contributed by atoms with Gasteiger partial charge >= 0.3 is 0 Å². The molecule has 1 aliphatic rings. The summed E-state index contributed by atoms with van der Waals surface area (Å²) in [5, 5.41) is 4.35. The first-order chi connectivity index (χ1) is 10.2. The SMILES string of the molecule is CCCN1CCOC(C(NN)c2c(OC)cnn2CC)C1. The van der Waals surface area contributed by atoms with Gasteiger partial charge in [0.15, 0.2) is 5.75 Å². The number of methoxy groups -OCH3 is 1.